The predicted molar refractivity (Wildman–Crippen MR) is 91.9 cm³/mol. The summed E-state index contributed by atoms with van der Waals surface area (Å²) in [7, 11) is 0. The van der Waals surface area contributed by atoms with Gasteiger partial charge >= 0.3 is 23.9 Å². The third-order valence-corrected chi connectivity index (χ3v) is 6.35. The third-order valence-electron chi connectivity index (χ3n) is 6.35. The van der Waals surface area contributed by atoms with Crippen LogP contribution in [0.3, 0.4) is 0 Å². The van der Waals surface area contributed by atoms with Crippen molar-refractivity contribution in [2.45, 2.75) is 95.8 Å². The van der Waals surface area contributed by atoms with Gasteiger partial charge in [0, 0.05) is 0 Å². The van der Waals surface area contributed by atoms with Crippen molar-refractivity contribution >= 4 is 5.97 Å². The Kier molecular flexibility index (Phi) is 6.63. The number of esters is 1. The molecule has 1 aliphatic heterocycles. The van der Waals surface area contributed by atoms with E-state index < -0.39 is 53.7 Å². The SMILES string of the molecule is CCC(C)(C)C(=O)OC(C1CCCCC1)C1(C)OCOC(O)(C(F)(F)F)C1(F)F. The van der Waals surface area contributed by atoms with Gasteiger partial charge in [0.25, 0.3) is 0 Å². The van der Waals surface area contributed by atoms with E-state index in [2.05, 4.69) is 4.74 Å². The lowest BCUT2D eigenvalue weighted by molar-refractivity contribution is -0.507. The Balaban J connectivity index is 2.51. The highest BCUT2D eigenvalue weighted by Gasteiger charge is 2.81. The normalized spacial score (nSPS) is 32.6. The van der Waals surface area contributed by atoms with Crippen LogP contribution in [0, 0.1) is 11.3 Å². The van der Waals surface area contributed by atoms with Crippen molar-refractivity contribution in [3.8, 4) is 0 Å². The van der Waals surface area contributed by atoms with Gasteiger partial charge in [0.2, 0.25) is 0 Å². The lowest BCUT2D eigenvalue weighted by atomic mass is 9.73. The lowest BCUT2D eigenvalue weighted by Crippen LogP contribution is -2.76. The lowest BCUT2D eigenvalue weighted by Gasteiger charge is -2.53. The number of carbonyl (C=O) groups excluding carboxylic acids is 1. The van der Waals surface area contributed by atoms with Gasteiger partial charge in [-0.1, -0.05) is 26.2 Å². The zero-order chi connectivity index (χ0) is 22.3. The fourth-order valence-electron chi connectivity index (χ4n) is 3.79. The smallest absolute Gasteiger partial charge is 0.449 e. The number of carbonyl (C=O) groups is 1. The van der Waals surface area contributed by atoms with Crippen molar-refractivity contribution in [2.75, 3.05) is 6.79 Å². The van der Waals surface area contributed by atoms with Crippen LogP contribution in [0.1, 0.15) is 66.2 Å². The van der Waals surface area contributed by atoms with E-state index in [1.165, 1.54) is 0 Å². The number of alkyl halides is 5. The Morgan fingerprint density at radius 1 is 1.17 bits per heavy atom. The molecule has 1 heterocycles. The van der Waals surface area contributed by atoms with Crippen molar-refractivity contribution in [2.24, 2.45) is 11.3 Å². The standard InChI is InChI=1S/C19H29F5O5/c1-5-15(2,3)14(25)29-13(12-9-7-6-8-10-12)16(4)17(20,21)18(26,19(22,23)24)28-11-27-16/h12-13,26H,5-11H2,1-4H3. The summed E-state index contributed by atoms with van der Waals surface area (Å²) in [6.45, 7) is 4.35. The molecule has 2 fully saturated rings. The fraction of sp³-hybridized carbons (Fsp3) is 0.947. The molecule has 2 rings (SSSR count). The first-order chi connectivity index (χ1) is 13.1. The zero-order valence-corrected chi connectivity index (χ0v) is 17.1. The Labute approximate surface area is 166 Å². The molecule has 0 aromatic heterocycles. The van der Waals surface area contributed by atoms with E-state index in [1.807, 2.05) is 0 Å². The Hall–Kier alpha value is -1.00. The van der Waals surface area contributed by atoms with Gasteiger partial charge in [-0.3, -0.25) is 4.79 Å². The van der Waals surface area contributed by atoms with Gasteiger partial charge < -0.3 is 19.3 Å². The van der Waals surface area contributed by atoms with E-state index >= 15 is 8.78 Å². The van der Waals surface area contributed by atoms with Crippen LogP contribution in [-0.4, -0.2) is 47.5 Å². The van der Waals surface area contributed by atoms with Crippen LogP contribution < -0.4 is 0 Å². The summed E-state index contributed by atoms with van der Waals surface area (Å²) < 4.78 is 85.0. The van der Waals surface area contributed by atoms with Crippen LogP contribution in [-0.2, 0) is 19.0 Å². The highest BCUT2D eigenvalue weighted by Crippen LogP contribution is 2.55. The molecule has 2 aliphatic rings. The minimum absolute atomic E-state index is 0.340. The molecule has 10 heteroatoms. The van der Waals surface area contributed by atoms with Gasteiger partial charge in [-0.25, -0.2) is 0 Å². The molecular formula is C19H29F5O5. The molecule has 0 aromatic carbocycles. The van der Waals surface area contributed by atoms with Gasteiger partial charge in [0.1, 0.15) is 6.10 Å². The highest BCUT2D eigenvalue weighted by molar-refractivity contribution is 5.76. The summed E-state index contributed by atoms with van der Waals surface area (Å²) in [5.41, 5.74) is -3.96. The molecule has 1 saturated heterocycles. The first-order valence-electron chi connectivity index (χ1n) is 9.80. The van der Waals surface area contributed by atoms with Gasteiger partial charge in [-0.2, -0.15) is 22.0 Å². The van der Waals surface area contributed by atoms with Crippen molar-refractivity contribution in [1.82, 2.24) is 0 Å². The van der Waals surface area contributed by atoms with Crippen molar-refractivity contribution in [1.29, 1.82) is 0 Å². The van der Waals surface area contributed by atoms with E-state index in [0.29, 0.717) is 32.1 Å². The predicted octanol–water partition coefficient (Wildman–Crippen LogP) is 4.56. The van der Waals surface area contributed by atoms with Crippen LogP contribution in [0.4, 0.5) is 22.0 Å². The van der Waals surface area contributed by atoms with Crippen molar-refractivity contribution in [3.05, 3.63) is 0 Å². The number of rotatable bonds is 5. The summed E-state index contributed by atoms with van der Waals surface area (Å²) >= 11 is 0. The maximum Gasteiger partial charge on any atom is 0.449 e. The topological polar surface area (TPSA) is 65.0 Å². The van der Waals surface area contributed by atoms with E-state index in [9.17, 15) is 23.1 Å². The summed E-state index contributed by atoms with van der Waals surface area (Å²) in [4.78, 5) is 12.7. The molecule has 0 amide bonds. The fourth-order valence-corrected chi connectivity index (χ4v) is 3.79. The second-order valence-electron chi connectivity index (χ2n) is 8.69. The van der Waals surface area contributed by atoms with Crippen LogP contribution in [0.5, 0.6) is 0 Å². The average molecular weight is 432 g/mol. The van der Waals surface area contributed by atoms with E-state index in [0.717, 1.165) is 13.3 Å². The quantitative estimate of drug-likeness (QED) is 0.510. The molecule has 3 unspecified atom stereocenters. The van der Waals surface area contributed by atoms with Gasteiger partial charge in [-0.15, -0.1) is 0 Å². The molecule has 1 saturated carbocycles. The van der Waals surface area contributed by atoms with Crippen LogP contribution in [0.25, 0.3) is 0 Å². The average Bonchev–Trinajstić information content (AvgIpc) is 2.63. The summed E-state index contributed by atoms with van der Waals surface area (Å²) in [5.74, 6) is -11.1. The maximum atomic E-state index is 15.2. The minimum Gasteiger partial charge on any atom is -0.458 e. The molecule has 29 heavy (non-hydrogen) atoms. The Morgan fingerprint density at radius 2 is 1.72 bits per heavy atom. The largest absolute Gasteiger partial charge is 0.458 e. The molecule has 3 atom stereocenters. The zero-order valence-electron chi connectivity index (χ0n) is 17.1. The molecule has 0 radical (unpaired) electrons. The summed E-state index contributed by atoms with van der Waals surface area (Å²) in [5, 5.41) is 9.84. The Bertz CT molecular complexity index is 602. The van der Waals surface area contributed by atoms with E-state index in [-0.39, 0.29) is 0 Å². The van der Waals surface area contributed by atoms with Crippen LogP contribution >= 0.6 is 0 Å². The summed E-state index contributed by atoms with van der Waals surface area (Å²) in [6, 6.07) is 0. The second-order valence-corrected chi connectivity index (χ2v) is 8.69. The highest BCUT2D eigenvalue weighted by atomic mass is 19.4. The van der Waals surface area contributed by atoms with E-state index in [4.69, 9.17) is 9.47 Å². The number of ether oxygens (including phenoxy) is 3. The van der Waals surface area contributed by atoms with E-state index in [1.54, 1.807) is 20.8 Å². The van der Waals surface area contributed by atoms with Gasteiger partial charge in [0.15, 0.2) is 12.4 Å². The Morgan fingerprint density at radius 3 is 2.21 bits per heavy atom. The molecule has 170 valence electrons. The van der Waals surface area contributed by atoms with Crippen molar-refractivity contribution in [3.63, 3.8) is 0 Å². The molecule has 5 nitrogen and oxygen atoms in total. The maximum absolute atomic E-state index is 15.2. The molecular weight excluding hydrogens is 403 g/mol. The molecule has 0 bridgehead atoms. The molecule has 0 aromatic rings. The number of aliphatic hydroxyl groups is 1. The molecule has 1 aliphatic carbocycles. The van der Waals surface area contributed by atoms with Crippen LogP contribution in [0.15, 0.2) is 0 Å². The first kappa shape index (κ1) is 24.3. The molecule has 1 N–H and O–H groups in total. The number of hydrogen-bond donors (Lipinski definition) is 1. The first-order valence-corrected chi connectivity index (χ1v) is 9.80. The monoisotopic (exact) mass is 432 g/mol. The second kappa shape index (κ2) is 7.92. The summed E-state index contributed by atoms with van der Waals surface area (Å²) in [6.07, 6.45) is -4.17. The molecule has 0 spiro atoms. The minimum atomic E-state index is -5.79. The number of halogens is 5. The number of hydrogen-bond acceptors (Lipinski definition) is 5. The third kappa shape index (κ3) is 3.99. The van der Waals surface area contributed by atoms with Crippen LogP contribution in [0.2, 0.25) is 0 Å². The van der Waals surface area contributed by atoms with Crippen molar-refractivity contribution < 1.29 is 46.1 Å². The van der Waals surface area contributed by atoms with Gasteiger partial charge in [0.05, 0.1) is 5.41 Å². The van der Waals surface area contributed by atoms with Gasteiger partial charge in [-0.05, 0) is 46.0 Å².